The molecule has 1 saturated heterocycles. The van der Waals surface area contributed by atoms with Crippen LogP contribution in [0.1, 0.15) is 29.6 Å². The third-order valence-electron chi connectivity index (χ3n) is 4.97. The molecule has 2 atom stereocenters. The second-order valence-corrected chi connectivity index (χ2v) is 6.63. The molecule has 1 unspecified atom stereocenters. The summed E-state index contributed by atoms with van der Waals surface area (Å²) in [5.41, 5.74) is 1.45. The van der Waals surface area contributed by atoms with Crippen LogP contribution < -0.4 is 10.1 Å². The monoisotopic (exact) mass is 374 g/mol. The molecule has 1 fully saturated rings. The highest BCUT2D eigenvalue weighted by molar-refractivity contribution is 5.75. The number of hydrogen-bond donors (Lipinski definition) is 1. The molecule has 0 aromatic heterocycles. The SMILES string of the molecule is O=C(N[C@H]1CCOc2c(F)cccc21)N1CCOCC1c1ccc(F)cc1. The number of carbonyl (C=O) groups is 1. The van der Waals surface area contributed by atoms with E-state index in [2.05, 4.69) is 5.32 Å². The molecule has 4 rings (SSSR count). The molecule has 0 aliphatic carbocycles. The summed E-state index contributed by atoms with van der Waals surface area (Å²) >= 11 is 0. The predicted octanol–water partition coefficient (Wildman–Crippen LogP) is 3.57. The average Bonchev–Trinajstić information content (AvgIpc) is 2.69. The Balaban J connectivity index is 1.53. The maximum absolute atomic E-state index is 14.0. The zero-order valence-corrected chi connectivity index (χ0v) is 14.7. The van der Waals surface area contributed by atoms with E-state index in [-0.39, 0.29) is 29.7 Å². The van der Waals surface area contributed by atoms with E-state index in [1.165, 1.54) is 18.2 Å². The molecule has 0 saturated carbocycles. The standard InChI is InChI=1S/C20H20F2N2O3/c21-14-6-4-13(5-7-14)18-12-26-11-9-24(18)20(25)23-17-8-10-27-19-15(17)2-1-3-16(19)22/h1-7,17-18H,8-12H2,(H,23,25)/t17-,18?/m0/s1. The molecule has 2 aliphatic rings. The topological polar surface area (TPSA) is 50.8 Å². The van der Waals surface area contributed by atoms with Gasteiger partial charge in [0.15, 0.2) is 11.6 Å². The second-order valence-electron chi connectivity index (χ2n) is 6.63. The molecule has 1 N–H and O–H groups in total. The highest BCUT2D eigenvalue weighted by Gasteiger charge is 2.32. The van der Waals surface area contributed by atoms with Crippen LogP contribution >= 0.6 is 0 Å². The van der Waals surface area contributed by atoms with E-state index < -0.39 is 5.82 Å². The summed E-state index contributed by atoms with van der Waals surface area (Å²) in [5, 5.41) is 2.99. The van der Waals surface area contributed by atoms with Crippen molar-refractivity contribution >= 4 is 6.03 Å². The minimum Gasteiger partial charge on any atom is -0.490 e. The van der Waals surface area contributed by atoms with Gasteiger partial charge >= 0.3 is 6.03 Å². The van der Waals surface area contributed by atoms with E-state index in [0.717, 1.165) is 5.56 Å². The van der Waals surface area contributed by atoms with Crippen LogP contribution in [0.4, 0.5) is 13.6 Å². The van der Waals surface area contributed by atoms with Crippen LogP contribution in [0.3, 0.4) is 0 Å². The number of amides is 2. The van der Waals surface area contributed by atoms with E-state index in [4.69, 9.17) is 9.47 Å². The summed E-state index contributed by atoms with van der Waals surface area (Å²) in [6, 6.07) is 9.90. The van der Waals surface area contributed by atoms with Crippen LogP contribution in [0, 0.1) is 11.6 Å². The van der Waals surface area contributed by atoms with Crippen molar-refractivity contribution in [2.45, 2.75) is 18.5 Å². The minimum absolute atomic E-state index is 0.200. The quantitative estimate of drug-likeness (QED) is 0.874. The van der Waals surface area contributed by atoms with Crippen molar-refractivity contribution in [3.8, 4) is 5.75 Å². The van der Waals surface area contributed by atoms with Crippen LogP contribution in [0.5, 0.6) is 5.75 Å². The molecular formula is C20H20F2N2O3. The van der Waals surface area contributed by atoms with E-state index in [0.29, 0.717) is 38.3 Å². The maximum atomic E-state index is 14.0. The lowest BCUT2D eigenvalue weighted by atomic mass is 10.00. The first-order valence-corrected chi connectivity index (χ1v) is 8.95. The zero-order valence-electron chi connectivity index (χ0n) is 14.7. The number of nitrogens with one attached hydrogen (secondary N) is 1. The van der Waals surface area contributed by atoms with Gasteiger partial charge < -0.3 is 19.7 Å². The summed E-state index contributed by atoms with van der Waals surface area (Å²) in [6.45, 7) is 1.54. The number of rotatable bonds is 2. The first-order chi connectivity index (χ1) is 13.1. The Morgan fingerprint density at radius 2 is 1.93 bits per heavy atom. The van der Waals surface area contributed by atoms with Gasteiger partial charge in [0.2, 0.25) is 0 Å². The highest BCUT2D eigenvalue weighted by atomic mass is 19.1. The first kappa shape index (κ1) is 17.7. The van der Waals surface area contributed by atoms with Crippen molar-refractivity contribution in [2.24, 2.45) is 0 Å². The Kier molecular flexibility index (Phi) is 4.94. The highest BCUT2D eigenvalue weighted by Crippen LogP contribution is 2.34. The molecule has 2 aliphatic heterocycles. The maximum Gasteiger partial charge on any atom is 0.318 e. The van der Waals surface area contributed by atoms with Crippen molar-refractivity contribution in [3.63, 3.8) is 0 Å². The molecular weight excluding hydrogens is 354 g/mol. The predicted molar refractivity (Wildman–Crippen MR) is 94.5 cm³/mol. The normalized spacial score (nSPS) is 21.9. The van der Waals surface area contributed by atoms with Crippen LogP contribution in [-0.2, 0) is 4.74 Å². The fourth-order valence-corrected chi connectivity index (χ4v) is 3.58. The number of benzene rings is 2. The van der Waals surface area contributed by atoms with Crippen LogP contribution in [-0.4, -0.2) is 37.3 Å². The van der Waals surface area contributed by atoms with Gasteiger partial charge in [-0.15, -0.1) is 0 Å². The lowest BCUT2D eigenvalue weighted by Gasteiger charge is -2.37. The van der Waals surface area contributed by atoms with Crippen molar-refractivity contribution in [1.82, 2.24) is 10.2 Å². The third kappa shape index (κ3) is 3.60. The van der Waals surface area contributed by atoms with Gasteiger partial charge in [-0.05, 0) is 23.8 Å². The van der Waals surface area contributed by atoms with Gasteiger partial charge in [0.25, 0.3) is 0 Å². The van der Waals surface area contributed by atoms with Crippen LogP contribution in [0.15, 0.2) is 42.5 Å². The van der Waals surface area contributed by atoms with Gasteiger partial charge in [-0.1, -0.05) is 24.3 Å². The third-order valence-corrected chi connectivity index (χ3v) is 4.97. The van der Waals surface area contributed by atoms with Gasteiger partial charge in [-0.2, -0.15) is 0 Å². The Labute approximate surface area is 155 Å². The molecule has 0 bridgehead atoms. The molecule has 7 heteroatoms. The molecule has 2 aromatic carbocycles. The Morgan fingerprint density at radius 3 is 2.74 bits per heavy atom. The largest absolute Gasteiger partial charge is 0.490 e. The summed E-state index contributed by atoms with van der Waals surface area (Å²) in [6.07, 6.45) is 0.563. The van der Waals surface area contributed by atoms with Gasteiger partial charge in [-0.3, -0.25) is 0 Å². The van der Waals surface area contributed by atoms with E-state index in [9.17, 15) is 13.6 Å². The van der Waals surface area contributed by atoms with Crippen LogP contribution in [0.2, 0.25) is 0 Å². The van der Waals surface area contributed by atoms with Gasteiger partial charge in [0.05, 0.1) is 31.9 Å². The summed E-state index contributed by atoms with van der Waals surface area (Å²) in [4.78, 5) is 14.6. The van der Waals surface area contributed by atoms with Crippen molar-refractivity contribution in [1.29, 1.82) is 0 Å². The molecule has 2 amide bonds. The molecule has 0 spiro atoms. The van der Waals surface area contributed by atoms with E-state index >= 15 is 0 Å². The van der Waals surface area contributed by atoms with Crippen molar-refractivity contribution < 1.29 is 23.0 Å². The number of urea groups is 1. The number of para-hydroxylation sites is 1. The Morgan fingerprint density at radius 1 is 1.11 bits per heavy atom. The number of morpholine rings is 1. The zero-order chi connectivity index (χ0) is 18.8. The fourth-order valence-electron chi connectivity index (χ4n) is 3.58. The molecule has 5 nitrogen and oxygen atoms in total. The number of halogens is 2. The summed E-state index contributed by atoms with van der Waals surface area (Å²) < 4.78 is 38.1. The van der Waals surface area contributed by atoms with E-state index in [1.54, 1.807) is 29.2 Å². The number of ether oxygens (including phenoxy) is 2. The molecule has 27 heavy (non-hydrogen) atoms. The van der Waals surface area contributed by atoms with E-state index in [1.807, 2.05) is 0 Å². The first-order valence-electron chi connectivity index (χ1n) is 8.95. The average molecular weight is 374 g/mol. The Bertz CT molecular complexity index is 828. The van der Waals surface area contributed by atoms with Crippen molar-refractivity contribution in [2.75, 3.05) is 26.4 Å². The second kappa shape index (κ2) is 7.52. The molecule has 0 radical (unpaired) electrons. The fraction of sp³-hybridized carbons (Fsp3) is 0.350. The van der Waals surface area contributed by atoms with Gasteiger partial charge in [0, 0.05) is 18.5 Å². The van der Waals surface area contributed by atoms with Gasteiger partial charge in [0.1, 0.15) is 5.82 Å². The molecule has 142 valence electrons. The minimum atomic E-state index is -0.429. The lowest BCUT2D eigenvalue weighted by Crippen LogP contribution is -2.49. The summed E-state index contributed by atoms with van der Waals surface area (Å²) in [5.74, 6) is -0.555. The number of nitrogens with zero attached hydrogens (tertiary/aromatic N) is 1. The van der Waals surface area contributed by atoms with Crippen LogP contribution in [0.25, 0.3) is 0 Å². The molecule has 2 heterocycles. The van der Waals surface area contributed by atoms with Gasteiger partial charge in [-0.25, -0.2) is 13.6 Å². The summed E-state index contributed by atoms with van der Waals surface area (Å²) in [7, 11) is 0. The molecule has 2 aromatic rings. The van der Waals surface area contributed by atoms with Crippen molar-refractivity contribution in [3.05, 3.63) is 65.2 Å². The number of carbonyl (C=O) groups excluding carboxylic acids is 1. The lowest BCUT2D eigenvalue weighted by molar-refractivity contribution is 0.0107. The smallest absolute Gasteiger partial charge is 0.318 e. The number of hydrogen-bond acceptors (Lipinski definition) is 3. The Hall–Kier alpha value is -2.67. The number of fused-ring (bicyclic) bond motifs is 1.